The molecule has 1 aromatic heterocycles. The highest BCUT2D eigenvalue weighted by Crippen LogP contribution is 2.42. The quantitative estimate of drug-likeness (QED) is 0.626. The molecule has 0 bridgehead atoms. The zero-order valence-corrected chi connectivity index (χ0v) is 14.5. The summed E-state index contributed by atoms with van der Waals surface area (Å²) < 4.78 is 8.39. The summed E-state index contributed by atoms with van der Waals surface area (Å²) in [5, 5.41) is 19.8. The van der Waals surface area contributed by atoms with E-state index in [1.54, 1.807) is 6.08 Å². The minimum Gasteiger partial charge on any atom is -0.244 e. The van der Waals surface area contributed by atoms with Crippen molar-refractivity contribution in [2.75, 3.05) is 0 Å². The average Bonchev–Trinajstić information content (AvgIpc) is 3.19. The Hall–Kier alpha value is -3.68. The van der Waals surface area contributed by atoms with E-state index in [2.05, 4.69) is 25.3 Å². The lowest BCUT2D eigenvalue weighted by molar-refractivity contribution is 1.09. The van der Waals surface area contributed by atoms with Crippen molar-refractivity contribution >= 4 is 29.6 Å². The van der Waals surface area contributed by atoms with Gasteiger partial charge < -0.3 is 0 Å². The van der Waals surface area contributed by atoms with Crippen LogP contribution < -0.4 is 10.7 Å². The molecule has 1 aliphatic carbocycles. The van der Waals surface area contributed by atoms with Crippen molar-refractivity contribution in [2.45, 2.75) is 6.92 Å². The van der Waals surface area contributed by atoms with Gasteiger partial charge in [0.2, 0.25) is 0 Å². The van der Waals surface area contributed by atoms with Crippen molar-refractivity contribution in [3.05, 3.63) is 63.2 Å². The van der Waals surface area contributed by atoms with Crippen LogP contribution in [0.15, 0.2) is 50.0 Å². The third kappa shape index (κ3) is 2.31. The molecule has 4 rings (SSSR count). The van der Waals surface area contributed by atoms with Gasteiger partial charge >= 0.3 is 0 Å². The predicted molar refractivity (Wildman–Crippen MR) is 98.9 cm³/mol. The standard InChI is InChI=1S/C19H10N6S/c1-10-15(7-16-11(2)24-26-25-16)23-19-17(12(8-20)9-21)13-5-3-4-6-14(13)18(19)22-10/h3-7H,1H2,2H3/b15-7+. The fourth-order valence-corrected chi connectivity index (χ4v) is 3.41. The Morgan fingerprint density at radius 2 is 1.81 bits per heavy atom. The summed E-state index contributed by atoms with van der Waals surface area (Å²) in [5.41, 5.74) is 4.80. The van der Waals surface area contributed by atoms with Gasteiger partial charge in [-0.05, 0) is 18.6 Å². The number of benzene rings is 1. The highest BCUT2D eigenvalue weighted by Gasteiger charge is 2.29. The van der Waals surface area contributed by atoms with E-state index in [9.17, 15) is 10.5 Å². The van der Waals surface area contributed by atoms with Crippen molar-refractivity contribution < 1.29 is 0 Å². The van der Waals surface area contributed by atoms with Crippen LogP contribution in [0.25, 0.3) is 29.5 Å². The summed E-state index contributed by atoms with van der Waals surface area (Å²) in [6, 6.07) is 11.5. The number of nitrogens with zero attached hydrogens (tertiary/aromatic N) is 6. The fraction of sp³-hybridized carbons (Fsp3) is 0.0526. The van der Waals surface area contributed by atoms with Crippen molar-refractivity contribution in [3.8, 4) is 23.4 Å². The molecule has 7 heteroatoms. The van der Waals surface area contributed by atoms with E-state index >= 15 is 0 Å². The first-order valence-electron chi connectivity index (χ1n) is 7.66. The number of fused-ring (bicyclic) bond motifs is 3. The second-order valence-corrected chi connectivity index (χ2v) is 6.18. The van der Waals surface area contributed by atoms with Crippen molar-refractivity contribution in [3.63, 3.8) is 0 Å². The summed E-state index contributed by atoms with van der Waals surface area (Å²) >= 11 is 1.12. The van der Waals surface area contributed by atoms with Crippen molar-refractivity contribution in [1.82, 2.24) is 9.97 Å². The summed E-state index contributed by atoms with van der Waals surface area (Å²) in [7, 11) is 0. The normalized spacial score (nSPS) is 14.6. The topological polar surface area (TPSA) is 98.1 Å². The second-order valence-electron chi connectivity index (χ2n) is 5.65. The molecule has 2 heterocycles. The molecule has 1 aliphatic heterocycles. The molecule has 0 saturated carbocycles. The van der Waals surface area contributed by atoms with Crippen LogP contribution in [0, 0.1) is 22.7 Å². The lowest BCUT2D eigenvalue weighted by atomic mass is 10.0. The van der Waals surface area contributed by atoms with Crippen LogP contribution in [0.4, 0.5) is 0 Å². The minimum absolute atomic E-state index is 0.0137. The van der Waals surface area contributed by atoms with Gasteiger partial charge in [0.15, 0.2) is 0 Å². The molecule has 122 valence electrons. The molecule has 26 heavy (non-hydrogen) atoms. The molecule has 6 nitrogen and oxygen atoms in total. The Balaban J connectivity index is 2.07. The molecule has 0 fully saturated rings. The zero-order valence-electron chi connectivity index (χ0n) is 13.7. The number of hydrogen-bond donors (Lipinski definition) is 0. The van der Waals surface area contributed by atoms with E-state index in [0.717, 1.165) is 28.2 Å². The summed E-state index contributed by atoms with van der Waals surface area (Å²) in [5.74, 6) is 0. The van der Waals surface area contributed by atoms with Gasteiger partial charge in [0.25, 0.3) is 0 Å². The number of aromatic nitrogens is 2. The Kier molecular flexibility index (Phi) is 3.65. The van der Waals surface area contributed by atoms with Gasteiger partial charge in [-0.2, -0.15) is 19.2 Å². The van der Waals surface area contributed by atoms with Gasteiger partial charge in [0, 0.05) is 11.1 Å². The Bertz CT molecular complexity index is 1300. The molecule has 1 aromatic carbocycles. The first kappa shape index (κ1) is 15.8. The molecular weight excluding hydrogens is 344 g/mol. The van der Waals surface area contributed by atoms with E-state index in [4.69, 9.17) is 0 Å². The molecule has 0 spiro atoms. The highest BCUT2D eigenvalue weighted by atomic mass is 32.1. The lowest BCUT2D eigenvalue weighted by Crippen LogP contribution is -2.31. The van der Waals surface area contributed by atoms with Gasteiger partial charge in [-0.15, -0.1) is 0 Å². The number of allylic oxidation sites excluding steroid dienone is 3. The minimum atomic E-state index is 0.0137. The van der Waals surface area contributed by atoms with Gasteiger partial charge in [-0.1, -0.05) is 30.8 Å². The molecule has 0 radical (unpaired) electrons. The van der Waals surface area contributed by atoms with Crippen LogP contribution in [0.2, 0.25) is 0 Å². The predicted octanol–water partition coefficient (Wildman–Crippen LogP) is 2.19. The third-order valence-corrected chi connectivity index (χ3v) is 4.76. The van der Waals surface area contributed by atoms with Gasteiger partial charge in [-0.25, -0.2) is 9.97 Å². The molecule has 2 aliphatic rings. The Morgan fingerprint density at radius 1 is 1.08 bits per heavy atom. The maximum absolute atomic E-state index is 9.39. The van der Waals surface area contributed by atoms with Crippen LogP contribution in [-0.4, -0.2) is 9.97 Å². The number of rotatable bonds is 1. The summed E-state index contributed by atoms with van der Waals surface area (Å²) in [4.78, 5) is 9.28. The van der Waals surface area contributed by atoms with Crippen LogP contribution in [0.5, 0.6) is 0 Å². The average molecular weight is 354 g/mol. The fourth-order valence-electron chi connectivity index (χ4n) is 2.88. The zero-order chi connectivity index (χ0) is 18.3. The molecule has 0 saturated heterocycles. The lowest BCUT2D eigenvalue weighted by Gasteiger charge is -2.01. The van der Waals surface area contributed by atoms with Crippen LogP contribution in [0.1, 0.15) is 18.2 Å². The molecular formula is C19H10N6S. The van der Waals surface area contributed by atoms with E-state index in [1.165, 1.54) is 0 Å². The van der Waals surface area contributed by atoms with Crippen molar-refractivity contribution in [1.29, 1.82) is 10.5 Å². The molecule has 2 aromatic rings. The third-order valence-electron chi connectivity index (χ3n) is 4.12. The summed E-state index contributed by atoms with van der Waals surface area (Å²) in [6.45, 7) is 5.86. The molecule has 0 N–H and O–H groups in total. The van der Waals surface area contributed by atoms with Gasteiger partial charge in [0.05, 0.1) is 39.1 Å². The van der Waals surface area contributed by atoms with Gasteiger partial charge in [0.1, 0.15) is 23.4 Å². The largest absolute Gasteiger partial charge is 0.244 e. The highest BCUT2D eigenvalue weighted by molar-refractivity contribution is 7.57. The summed E-state index contributed by atoms with van der Waals surface area (Å²) in [6.07, 6.45) is 1.77. The van der Waals surface area contributed by atoms with Gasteiger partial charge in [-0.3, -0.25) is 0 Å². The molecule has 0 unspecified atom stereocenters. The van der Waals surface area contributed by atoms with E-state index in [1.807, 2.05) is 43.3 Å². The molecule has 0 amide bonds. The van der Waals surface area contributed by atoms with Crippen LogP contribution in [-0.2, 0) is 11.4 Å². The van der Waals surface area contributed by atoms with E-state index < -0.39 is 0 Å². The number of hydrogen-bond acceptors (Lipinski definition) is 6. The van der Waals surface area contributed by atoms with E-state index in [-0.39, 0.29) is 5.57 Å². The Morgan fingerprint density at radius 3 is 2.46 bits per heavy atom. The Labute approximate surface area is 152 Å². The second kappa shape index (κ2) is 5.99. The number of nitriles is 2. The SMILES string of the molecule is C=c1nc2c(n/c1=C/C1=C(C)N=S=N1)C(=C(C#N)C#N)c1ccccc1-2. The van der Waals surface area contributed by atoms with E-state index in [0.29, 0.717) is 33.4 Å². The first-order chi connectivity index (χ1) is 12.6. The molecule has 0 atom stereocenters. The van der Waals surface area contributed by atoms with Crippen LogP contribution >= 0.6 is 0 Å². The van der Waals surface area contributed by atoms with Crippen molar-refractivity contribution in [2.24, 2.45) is 8.73 Å². The first-order valence-corrected chi connectivity index (χ1v) is 8.39. The van der Waals surface area contributed by atoms with Crippen LogP contribution in [0.3, 0.4) is 0 Å². The smallest absolute Gasteiger partial charge is 0.139 e. The monoisotopic (exact) mass is 354 g/mol. The maximum atomic E-state index is 9.39. The maximum Gasteiger partial charge on any atom is 0.139 e.